The maximum absolute atomic E-state index is 12.5. The van der Waals surface area contributed by atoms with Crippen LogP contribution in [0.2, 0.25) is 0 Å². The highest BCUT2D eigenvalue weighted by Crippen LogP contribution is 2.16. The van der Waals surface area contributed by atoms with E-state index in [2.05, 4.69) is 9.71 Å². The van der Waals surface area contributed by atoms with Crippen LogP contribution in [0.25, 0.3) is 0 Å². The van der Waals surface area contributed by atoms with E-state index in [1.54, 1.807) is 35.9 Å². The molecule has 0 amide bonds. The molecule has 0 aliphatic heterocycles. The van der Waals surface area contributed by atoms with Crippen LogP contribution < -0.4 is 4.72 Å². The van der Waals surface area contributed by atoms with E-state index in [-0.39, 0.29) is 17.4 Å². The monoisotopic (exact) mass is 351 g/mol. The van der Waals surface area contributed by atoms with Crippen LogP contribution in [0.4, 0.5) is 0 Å². The Bertz CT molecular complexity index is 813. The quantitative estimate of drug-likeness (QED) is 0.787. The van der Waals surface area contributed by atoms with E-state index in [4.69, 9.17) is 0 Å². The molecule has 0 bridgehead atoms. The summed E-state index contributed by atoms with van der Waals surface area (Å²) < 4.78 is 28.8. The number of nitrogens with one attached hydrogen (secondary N) is 1. The predicted molar refractivity (Wildman–Crippen MR) is 89.2 cm³/mol. The first-order valence-electron chi connectivity index (χ1n) is 7.53. The molecule has 1 heterocycles. The lowest BCUT2D eigenvalue weighted by Crippen LogP contribution is -2.42. The van der Waals surface area contributed by atoms with Crippen molar-refractivity contribution in [3.63, 3.8) is 0 Å². The molecule has 0 fully saturated rings. The van der Waals surface area contributed by atoms with Crippen LogP contribution in [0.1, 0.15) is 31.2 Å². The van der Waals surface area contributed by atoms with Gasteiger partial charge in [-0.05, 0) is 12.0 Å². The fourth-order valence-electron chi connectivity index (χ4n) is 2.40. The van der Waals surface area contributed by atoms with Gasteiger partial charge in [0.15, 0.2) is 5.03 Å². The number of carboxylic acids is 1. The maximum Gasteiger partial charge on any atom is 0.322 e. The van der Waals surface area contributed by atoms with Gasteiger partial charge in [0.05, 0.1) is 0 Å². The Morgan fingerprint density at radius 3 is 2.42 bits per heavy atom. The lowest BCUT2D eigenvalue weighted by atomic mass is 10.1. The van der Waals surface area contributed by atoms with Gasteiger partial charge in [0.2, 0.25) is 0 Å². The zero-order chi connectivity index (χ0) is 17.9. The Morgan fingerprint density at radius 1 is 1.29 bits per heavy atom. The van der Waals surface area contributed by atoms with Crippen LogP contribution in [0.3, 0.4) is 0 Å². The number of aryl methyl sites for hydroxylation is 1. The second-order valence-corrected chi connectivity index (χ2v) is 7.57. The number of rotatable bonds is 7. The van der Waals surface area contributed by atoms with Gasteiger partial charge >= 0.3 is 5.97 Å². The molecule has 0 radical (unpaired) electrons. The van der Waals surface area contributed by atoms with Crippen LogP contribution in [0.15, 0.2) is 41.6 Å². The number of benzene rings is 1. The van der Waals surface area contributed by atoms with Gasteiger partial charge in [-0.3, -0.25) is 4.79 Å². The third-order valence-electron chi connectivity index (χ3n) is 3.56. The van der Waals surface area contributed by atoms with Crippen LogP contribution in [0.5, 0.6) is 0 Å². The maximum atomic E-state index is 12.5. The van der Waals surface area contributed by atoms with Crippen molar-refractivity contribution >= 4 is 16.0 Å². The molecule has 2 aromatic rings. The first kappa shape index (κ1) is 18.2. The molecule has 1 aromatic heterocycles. The Hall–Kier alpha value is -2.19. The third kappa shape index (κ3) is 4.21. The molecule has 7 nitrogen and oxygen atoms in total. The normalized spacial score (nSPS) is 13.2. The fraction of sp³-hybridized carbons (Fsp3) is 0.375. The zero-order valence-electron chi connectivity index (χ0n) is 13.8. The smallest absolute Gasteiger partial charge is 0.322 e. The number of hydrogen-bond donors (Lipinski definition) is 2. The summed E-state index contributed by atoms with van der Waals surface area (Å²) in [6.45, 7) is 3.81. The summed E-state index contributed by atoms with van der Waals surface area (Å²) in [4.78, 5) is 15.6. The van der Waals surface area contributed by atoms with Gasteiger partial charge in [-0.25, -0.2) is 13.4 Å². The summed E-state index contributed by atoms with van der Waals surface area (Å²) in [5.41, 5.74) is 0.733. The van der Waals surface area contributed by atoms with Crippen molar-refractivity contribution < 1.29 is 18.3 Å². The third-order valence-corrected chi connectivity index (χ3v) is 4.90. The van der Waals surface area contributed by atoms with Gasteiger partial charge < -0.3 is 9.67 Å². The van der Waals surface area contributed by atoms with Crippen LogP contribution in [0, 0.1) is 0 Å². The highest BCUT2D eigenvalue weighted by molar-refractivity contribution is 7.89. The zero-order valence-corrected chi connectivity index (χ0v) is 14.6. The number of hydrogen-bond acceptors (Lipinski definition) is 4. The van der Waals surface area contributed by atoms with Crippen molar-refractivity contribution in [1.82, 2.24) is 14.3 Å². The number of sulfonamides is 1. The summed E-state index contributed by atoms with van der Waals surface area (Å²) in [5, 5.41) is 9.17. The molecule has 1 aromatic carbocycles. The molecular formula is C16H21N3O4S. The molecule has 8 heteroatoms. The lowest BCUT2D eigenvalue weighted by Gasteiger charge is -2.13. The summed E-state index contributed by atoms with van der Waals surface area (Å²) in [6, 6.07) is 7.60. The van der Waals surface area contributed by atoms with Gasteiger partial charge in [0.1, 0.15) is 11.9 Å². The number of aliphatic carboxylic acids is 1. The van der Waals surface area contributed by atoms with Crippen LogP contribution in [-0.2, 0) is 28.3 Å². The van der Waals surface area contributed by atoms with E-state index in [9.17, 15) is 18.3 Å². The minimum atomic E-state index is -4.02. The van der Waals surface area contributed by atoms with Crippen LogP contribution in [-0.4, -0.2) is 35.1 Å². The van der Waals surface area contributed by atoms with E-state index in [1.165, 1.54) is 6.20 Å². The largest absolute Gasteiger partial charge is 0.480 e. The van der Waals surface area contributed by atoms with E-state index in [1.807, 2.05) is 19.9 Å². The van der Waals surface area contributed by atoms with E-state index < -0.39 is 22.0 Å². The van der Waals surface area contributed by atoms with Crippen molar-refractivity contribution in [3.05, 3.63) is 47.9 Å². The number of carboxylic acid groups (broad SMARTS) is 1. The van der Waals surface area contributed by atoms with Crippen molar-refractivity contribution in [2.45, 2.75) is 37.3 Å². The molecular weight excluding hydrogens is 330 g/mol. The molecule has 0 saturated heterocycles. The first-order chi connectivity index (χ1) is 11.2. The first-order valence-corrected chi connectivity index (χ1v) is 9.01. The topological polar surface area (TPSA) is 101 Å². The Kier molecular flexibility index (Phi) is 5.40. The second-order valence-electron chi connectivity index (χ2n) is 5.90. The minimum Gasteiger partial charge on any atom is -0.480 e. The van der Waals surface area contributed by atoms with Gasteiger partial charge in [-0.1, -0.05) is 44.2 Å². The van der Waals surface area contributed by atoms with Crippen LogP contribution >= 0.6 is 0 Å². The number of imidazole rings is 1. The molecule has 0 spiro atoms. The summed E-state index contributed by atoms with van der Waals surface area (Å²) in [5.74, 6) is -0.564. The van der Waals surface area contributed by atoms with Gasteiger partial charge in [0, 0.05) is 19.2 Å². The molecule has 0 saturated carbocycles. The molecule has 2 N–H and O–H groups in total. The van der Waals surface area contributed by atoms with Crippen molar-refractivity contribution in [3.8, 4) is 0 Å². The molecule has 0 unspecified atom stereocenters. The van der Waals surface area contributed by atoms with E-state index in [0.717, 1.165) is 5.56 Å². The highest BCUT2D eigenvalue weighted by Gasteiger charge is 2.28. The molecule has 130 valence electrons. The van der Waals surface area contributed by atoms with Crippen molar-refractivity contribution in [2.75, 3.05) is 0 Å². The Labute approximate surface area is 141 Å². The van der Waals surface area contributed by atoms with Gasteiger partial charge in [-0.15, -0.1) is 0 Å². The lowest BCUT2D eigenvalue weighted by molar-refractivity contribution is -0.138. The Morgan fingerprint density at radius 2 is 1.92 bits per heavy atom. The molecule has 0 aliphatic rings. The van der Waals surface area contributed by atoms with Gasteiger partial charge in [0.25, 0.3) is 10.0 Å². The molecule has 24 heavy (non-hydrogen) atoms. The number of nitrogens with zero attached hydrogens (tertiary/aromatic N) is 2. The molecule has 0 aliphatic carbocycles. The Balaban J connectivity index is 2.24. The highest BCUT2D eigenvalue weighted by atomic mass is 32.2. The van der Waals surface area contributed by atoms with Crippen molar-refractivity contribution in [1.29, 1.82) is 0 Å². The number of carbonyl (C=O) groups is 1. The van der Waals surface area contributed by atoms with E-state index in [0.29, 0.717) is 5.82 Å². The summed E-state index contributed by atoms with van der Waals surface area (Å²) in [7, 11) is -2.31. The minimum absolute atomic E-state index is 0.0542. The van der Waals surface area contributed by atoms with Gasteiger partial charge in [-0.2, -0.15) is 4.72 Å². The second kappa shape index (κ2) is 7.14. The molecule has 2 rings (SSSR count). The summed E-state index contributed by atoms with van der Waals surface area (Å²) >= 11 is 0. The SMILES string of the molecule is CC(C)c1nc(S(=O)(=O)N[C@@H](Cc2ccccc2)C(=O)O)cn1C. The molecule has 1 atom stereocenters. The van der Waals surface area contributed by atoms with E-state index >= 15 is 0 Å². The number of aromatic nitrogens is 2. The predicted octanol–water partition coefficient (Wildman–Crippen LogP) is 1.52. The average molecular weight is 351 g/mol. The summed E-state index contributed by atoms with van der Waals surface area (Å²) in [6.07, 6.45) is 1.44. The average Bonchev–Trinajstić information content (AvgIpc) is 2.90. The van der Waals surface area contributed by atoms with Crippen molar-refractivity contribution in [2.24, 2.45) is 7.05 Å². The fourth-order valence-corrected chi connectivity index (χ4v) is 3.59. The standard InChI is InChI=1S/C16H21N3O4S/c1-11(2)15-17-14(10-19(15)3)24(22,23)18-13(16(20)21)9-12-7-5-4-6-8-12/h4-8,10-11,13,18H,9H2,1-3H3,(H,20,21)/t13-/m0/s1.